The normalized spacial score (nSPS) is 9.61. The number of para-hydroxylation sites is 1. The van der Waals surface area contributed by atoms with Gasteiger partial charge in [-0.2, -0.15) is 0 Å². The predicted molar refractivity (Wildman–Crippen MR) is 78.1 cm³/mol. The molecule has 0 bridgehead atoms. The SMILES string of the molecule is CCCCCC(=O)NC(=S)NNc1ccccc1. The third-order valence-electron chi connectivity index (χ3n) is 2.35. The minimum atomic E-state index is -0.0455. The summed E-state index contributed by atoms with van der Waals surface area (Å²) in [5.74, 6) is -0.0455. The van der Waals surface area contributed by atoms with Gasteiger partial charge >= 0.3 is 0 Å². The van der Waals surface area contributed by atoms with E-state index in [1.54, 1.807) is 0 Å². The molecule has 98 valence electrons. The molecule has 0 unspecified atom stereocenters. The van der Waals surface area contributed by atoms with E-state index in [1.165, 1.54) is 0 Å². The van der Waals surface area contributed by atoms with Crippen LogP contribution in [0.3, 0.4) is 0 Å². The summed E-state index contributed by atoms with van der Waals surface area (Å²) in [6, 6.07) is 9.56. The molecule has 18 heavy (non-hydrogen) atoms. The molecule has 1 aromatic carbocycles. The van der Waals surface area contributed by atoms with E-state index in [0.29, 0.717) is 11.5 Å². The molecule has 1 amide bonds. The Morgan fingerprint density at radius 2 is 1.94 bits per heavy atom. The van der Waals surface area contributed by atoms with Gasteiger partial charge in [0.1, 0.15) is 0 Å². The Bertz CT molecular complexity index is 381. The first-order valence-electron chi connectivity index (χ1n) is 6.13. The van der Waals surface area contributed by atoms with Crippen molar-refractivity contribution in [3.8, 4) is 0 Å². The maximum absolute atomic E-state index is 11.5. The van der Waals surface area contributed by atoms with Crippen LogP contribution in [0.25, 0.3) is 0 Å². The fraction of sp³-hybridized carbons (Fsp3) is 0.385. The lowest BCUT2D eigenvalue weighted by atomic mass is 10.2. The van der Waals surface area contributed by atoms with Crippen LogP contribution < -0.4 is 16.2 Å². The average Bonchev–Trinajstić information content (AvgIpc) is 2.38. The summed E-state index contributed by atoms with van der Waals surface area (Å²) in [4.78, 5) is 11.5. The first-order valence-corrected chi connectivity index (χ1v) is 6.54. The average molecular weight is 265 g/mol. The summed E-state index contributed by atoms with van der Waals surface area (Å²) in [6.07, 6.45) is 3.58. The van der Waals surface area contributed by atoms with E-state index >= 15 is 0 Å². The second-order valence-corrected chi connectivity index (χ2v) is 4.36. The van der Waals surface area contributed by atoms with Crippen molar-refractivity contribution in [2.45, 2.75) is 32.6 Å². The molecule has 5 heteroatoms. The molecule has 0 radical (unpaired) electrons. The molecule has 0 heterocycles. The zero-order chi connectivity index (χ0) is 13.2. The van der Waals surface area contributed by atoms with Gasteiger partial charge in [-0.25, -0.2) is 0 Å². The number of carbonyl (C=O) groups is 1. The summed E-state index contributed by atoms with van der Waals surface area (Å²) in [5.41, 5.74) is 6.57. The second-order valence-electron chi connectivity index (χ2n) is 3.95. The van der Waals surface area contributed by atoms with Gasteiger partial charge in [-0.1, -0.05) is 38.0 Å². The zero-order valence-electron chi connectivity index (χ0n) is 10.5. The van der Waals surface area contributed by atoms with Gasteiger partial charge in [0.15, 0.2) is 5.11 Å². The minimum absolute atomic E-state index is 0.0455. The van der Waals surface area contributed by atoms with Crippen molar-refractivity contribution in [3.05, 3.63) is 30.3 Å². The molecule has 0 aliphatic heterocycles. The first-order chi connectivity index (χ1) is 8.72. The number of amides is 1. The fourth-order valence-corrected chi connectivity index (χ4v) is 1.57. The molecular formula is C13H19N3OS. The maximum Gasteiger partial charge on any atom is 0.226 e. The molecule has 0 aliphatic carbocycles. The Morgan fingerprint density at radius 3 is 2.61 bits per heavy atom. The van der Waals surface area contributed by atoms with Crippen molar-refractivity contribution in [1.29, 1.82) is 0 Å². The van der Waals surface area contributed by atoms with Gasteiger partial charge in [-0.3, -0.25) is 15.6 Å². The molecule has 0 saturated heterocycles. The van der Waals surface area contributed by atoms with Crippen LogP contribution in [-0.2, 0) is 4.79 Å². The largest absolute Gasteiger partial charge is 0.302 e. The number of hydrogen-bond acceptors (Lipinski definition) is 3. The van der Waals surface area contributed by atoms with Crippen LogP contribution in [0.1, 0.15) is 32.6 Å². The summed E-state index contributed by atoms with van der Waals surface area (Å²) in [7, 11) is 0. The topological polar surface area (TPSA) is 53.2 Å². The van der Waals surface area contributed by atoms with Gasteiger partial charge in [0.05, 0.1) is 5.69 Å². The van der Waals surface area contributed by atoms with Gasteiger partial charge in [-0.05, 0) is 30.8 Å². The first kappa shape index (κ1) is 14.4. The lowest BCUT2D eigenvalue weighted by Crippen LogP contribution is -2.41. The van der Waals surface area contributed by atoms with E-state index in [2.05, 4.69) is 23.1 Å². The smallest absolute Gasteiger partial charge is 0.226 e. The molecule has 1 rings (SSSR count). The number of rotatable bonds is 6. The number of hydrogen-bond donors (Lipinski definition) is 3. The Balaban J connectivity index is 2.19. The molecule has 0 spiro atoms. The van der Waals surface area contributed by atoms with Crippen molar-refractivity contribution in [3.63, 3.8) is 0 Å². The molecule has 0 saturated carbocycles. The van der Waals surface area contributed by atoms with E-state index in [-0.39, 0.29) is 5.91 Å². The van der Waals surface area contributed by atoms with Crippen LogP contribution in [0.2, 0.25) is 0 Å². The van der Waals surface area contributed by atoms with E-state index in [1.807, 2.05) is 30.3 Å². The number of thiocarbonyl (C=S) groups is 1. The van der Waals surface area contributed by atoms with Crippen LogP contribution in [0.5, 0.6) is 0 Å². The standard InChI is InChI=1S/C13H19N3OS/c1-2-3-5-10-12(17)14-13(18)16-15-11-8-6-4-7-9-11/h4,6-9,15H,2-3,5,10H2,1H3,(H2,14,16,17,18). The maximum atomic E-state index is 11.5. The molecule has 0 aromatic heterocycles. The molecule has 0 aliphatic rings. The quantitative estimate of drug-likeness (QED) is 0.420. The molecule has 4 nitrogen and oxygen atoms in total. The van der Waals surface area contributed by atoms with Gasteiger partial charge in [0.25, 0.3) is 0 Å². The van der Waals surface area contributed by atoms with Crippen LogP contribution in [-0.4, -0.2) is 11.0 Å². The fourth-order valence-electron chi connectivity index (χ4n) is 1.41. The van der Waals surface area contributed by atoms with E-state index in [9.17, 15) is 4.79 Å². The minimum Gasteiger partial charge on any atom is -0.302 e. The van der Waals surface area contributed by atoms with Gasteiger partial charge < -0.3 is 5.32 Å². The number of unbranched alkanes of at least 4 members (excludes halogenated alkanes) is 2. The number of nitrogens with one attached hydrogen (secondary N) is 3. The van der Waals surface area contributed by atoms with Crippen molar-refractivity contribution in [2.75, 3.05) is 5.43 Å². The third-order valence-corrected chi connectivity index (χ3v) is 2.56. The highest BCUT2D eigenvalue weighted by Gasteiger charge is 2.03. The molecule has 1 aromatic rings. The predicted octanol–water partition coefficient (Wildman–Crippen LogP) is 2.58. The monoisotopic (exact) mass is 265 g/mol. The lowest BCUT2D eigenvalue weighted by Gasteiger charge is -2.11. The molecule has 3 N–H and O–H groups in total. The van der Waals surface area contributed by atoms with E-state index in [4.69, 9.17) is 12.2 Å². The van der Waals surface area contributed by atoms with Gasteiger partial charge in [0.2, 0.25) is 5.91 Å². The summed E-state index contributed by atoms with van der Waals surface area (Å²) >= 11 is 5.00. The Kier molecular flexibility index (Phi) is 6.79. The van der Waals surface area contributed by atoms with Crippen molar-refractivity contribution in [1.82, 2.24) is 10.7 Å². The molecule has 0 fully saturated rings. The van der Waals surface area contributed by atoms with E-state index in [0.717, 1.165) is 24.9 Å². The van der Waals surface area contributed by atoms with Crippen LogP contribution in [0.4, 0.5) is 5.69 Å². The zero-order valence-corrected chi connectivity index (χ0v) is 11.3. The second kappa shape index (κ2) is 8.47. The number of carbonyl (C=O) groups excluding carboxylic acids is 1. The Hall–Kier alpha value is -1.62. The summed E-state index contributed by atoms with van der Waals surface area (Å²) < 4.78 is 0. The van der Waals surface area contributed by atoms with Crippen molar-refractivity contribution >= 4 is 28.9 Å². The highest BCUT2D eigenvalue weighted by atomic mass is 32.1. The molecule has 0 atom stereocenters. The van der Waals surface area contributed by atoms with Gasteiger partial charge in [-0.15, -0.1) is 0 Å². The highest BCUT2D eigenvalue weighted by molar-refractivity contribution is 7.80. The van der Waals surface area contributed by atoms with Crippen LogP contribution >= 0.6 is 12.2 Å². The Labute approximate surface area is 113 Å². The number of hydrazine groups is 1. The summed E-state index contributed by atoms with van der Waals surface area (Å²) in [5, 5.41) is 2.92. The van der Waals surface area contributed by atoms with Crippen LogP contribution in [0, 0.1) is 0 Å². The highest BCUT2D eigenvalue weighted by Crippen LogP contribution is 2.02. The van der Waals surface area contributed by atoms with Crippen molar-refractivity contribution < 1.29 is 4.79 Å². The third kappa shape index (κ3) is 6.20. The van der Waals surface area contributed by atoms with Crippen LogP contribution in [0.15, 0.2) is 30.3 Å². The number of anilines is 1. The lowest BCUT2D eigenvalue weighted by molar-refractivity contribution is -0.119. The number of benzene rings is 1. The van der Waals surface area contributed by atoms with E-state index < -0.39 is 0 Å². The Morgan fingerprint density at radius 1 is 1.22 bits per heavy atom. The van der Waals surface area contributed by atoms with Gasteiger partial charge in [0, 0.05) is 6.42 Å². The molecular weight excluding hydrogens is 246 g/mol. The van der Waals surface area contributed by atoms with Crippen molar-refractivity contribution in [2.24, 2.45) is 0 Å². The summed E-state index contributed by atoms with van der Waals surface area (Å²) in [6.45, 7) is 2.11.